The Bertz CT molecular complexity index is 6620. The van der Waals surface area contributed by atoms with Gasteiger partial charge in [-0.25, -0.2) is 9.59 Å². The number of alkyl halides is 1. The summed E-state index contributed by atoms with van der Waals surface area (Å²) in [5.41, 5.74) is 19.0. The predicted molar refractivity (Wildman–Crippen MR) is 443 cm³/mol. The van der Waals surface area contributed by atoms with E-state index >= 15 is 0 Å². The van der Waals surface area contributed by atoms with Crippen molar-refractivity contribution in [2.45, 2.75) is 113 Å². The lowest BCUT2D eigenvalue weighted by molar-refractivity contribution is -0.147. The topological polar surface area (TPSA) is 370 Å². The molecule has 22 rings (SSSR count). The standard InChI is InChI=1S/C30H23ClN6O2.C28H21ClN6O5.C17H12ClN5O3.C12H11BrO2/c31-21-4-6-27(36-15-33-34-35-36)23(12-21)19-10-28-24-13-25(24)30(37(28)29(39)11-19)26-9-20(14-32-26)17-1-2-18-8-22(38)5-3-16(18)7-17;29-17-3-5-22(34-13-30-32-33-34)18(10-17)16-8-23-19-11-20(19)27(35(23)26(38)9-16)28(39)40-12-24(36)15-1-4-21-14(7-15)2-6-25(37)31-21;18-9-1-2-13(22-7-19-20-21-22)10(5-9)8-3-14-11-6-12(11)16(17(25)26)23(14)15(24)4-8;13-7-12(15)10-2-1-9-6-11(14)4-3-8(9)5-10/h1-2,4,6-7,10-12,14-15,24-25,30H,3,5,8-9,13H2;1,3-5,7-10,13,19-20,27H,2,6,11-12H2,(H,31,37);1-5,7,11-12,16H,6H2,(H,25,26);1-2,5H,3-4,6-7H2/t24-,25+,30+;19-,20+,27+;11-,12+,16+;/m111./s1. The van der Waals surface area contributed by atoms with Gasteiger partial charge in [0, 0.05) is 152 Å². The fraction of sp³-hybridized carbons (Fsp3) is 0.264. The summed E-state index contributed by atoms with van der Waals surface area (Å²) in [6, 6.07) is 42.0. The van der Waals surface area contributed by atoms with Crippen molar-refractivity contribution in [2.75, 3.05) is 17.3 Å². The number of anilines is 1. The van der Waals surface area contributed by atoms with Crippen LogP contribution in [0.25, 0.3) is 56.0 Å². The second-order valence-corrected chi connectivity index (χ2v) is 33.3. The molecule has 3 saturated carbocycles. The minimum Gasteiger partial charge on any atom is -0.480 e. The van der Waals surface area contributed by atoms with Crippen LogP contribution in [-0.4, -0.2) is 138 Å². The predicted octanol–water partition coefficient (Wildman–Crippen LogP) is 12.1. The molecule has 12 aromatic rings. The molecular weight excluding hydrogens is 1660 g/mol. The Hall–Kier alpha value is -12.8. The first-order valence-corrected chi connectivity index (χ1v) is 41.3. The van der Waals surface area contributed by atoms with Gasteiger partial charge in [0.05, 0.1) is 28.4 Å². The molecule has 0 bridgehead atoms. The molecule has 1 amide bonds. The highest BCUT2D eigenvalue weighted by molar-refractivity contribution is 9.09. The highest BCUT2D eigenvalue weighted by Gasteiger charge is 2.58. The fourth-order valence-corrected chi connectivity index (χ4v) is 19.1. The van der Waals surface area contributed by atoms with Crippen molar-refractivity contribution in [2.24, 2.45) is 22.7 Å². The summed E-state index contributed by atoms with van der Waals surface area (Å²) >= 11 is 22.0. The number of tetrazole rings is 3. The van der Waals surface area contributed by atoms with E-state index in [1.165, 1.54) is 60.7 Å². The van der Waals surface area contributed by atoms with Crippen LogP contribution in [0.4, 0.5) is 5.69 Å². The average Bonchev–Trinajstić information content (AvgIpc) is 1.55. The molecule has 0 unspecified atom stereocenters. The monoisotopic (exact) mass is 1730 g/mol. The number of nitrogens with one attached hydrogen (secondary N) is 1. The first-order valence-electron chi connectivity index (χ1n) is 39.0. The van der Waals surface area contributed by atoms with Gasteiger partial charge in [0.25, 0.3) is 16.7 Å². The first-order chi connectivity index (χ1) is 58.1. The summed E-state index contributed by atoms with van der Waals surface area (Å²) in [7, 11) is 0. The molecule has 3 fully saturated rings. The number of carbonyl (C=O) groups is 7. The number of carbonyl (C=O) groups excluding carboxylic acids is 6. The number of ketones is 4. The smallest absolute Gasteiger partial charge is 0.330 e. The third-order valence-electron chi connectivity index (χ3n) is 24.2. The van der Waals surface area contributed by atoms with Crippen LogP contribution in [0, 0.1) is 17.8 Å². The number of carboxylic acids is 1. The summed E-state index contributed by atoms with van der Waals surface area (Å²) in [5, 5.41) is 48.3. The Labute approximate surface area is 703 Å². The van der Waals surface area contributed by atoms with E-state index in [9.17, 15) is 53.1 Å². The molecule has 0 saturated heterocycles. The van der Waals surface area contributed by atoms with Crippen LogP contribution in [0.1, 0.15) is 152 Å². The number of benzene rings is 6. The van der Waals surface area contributed by atoms with Gasteiger partial charge in [0.1, 0.15) is 42.6 Å². The summed E-state index contributed by atoms with van der Waals surface area (Å²) in [4.78, 5) is 128. The molecule has 120 heavy (non-hydrogen) atoms. The van der Waals surface area contributed by atoms with Crippen molar-refractivity contribution in [1.82, 2.24) is 74.3 Å². The number of nitrogens with zero attached hydrogens (tertiary/aromatic N) is 16. The lowest BCUT2D eigenvalue weighted by atomic mass is 9.87. The minimum absolute atomic E-state index is 0.00815. The second kappa shape index (κ2) is 31.2. The molecule has 29 nitrogen and oxygen atoms in total. The maximum atomic E-state index is 13.6. The number of rotatable bonds is 15. The highest BCUT2D eigenvalue weighted by atomic mass is 79.9. The van der Waals surface area contributed by atoms with Crippen molar-refractivity contribution >= 4 is 109 Å². The Morgan fingerprint density at radius 2 is 0.933 bits per heavy atom. The molecule has 600 valence electrons. The number of carboxylic acid groups (broad SMARTS) is 1. The van der Waals surface area contributed by atoms with Crippen LogP contribution in [-0.2, 0) is 60.8 Å². The van der Waals surface area contributed by atoms with Crippen molar-refractivity contribution in [3.05, 3.63) is 278 Å². The number of pyridine rings is 3. The first kappa shape index (κ1) is 77.2. The quantitative estimate of drug-likeness (QED) is 0.0547. The lowest BCUT2D eigenvalue weighted by Crippen LogP contribution is -2.32. The molecule has 0 radical (unpaired) electrons. The number of halogens is 4. The van der Waals surface area contributed by atoms with Crippen molar-refractivity contribution in [1.29, 1.82) is 0 Å². The Kier molecular flexibility index (Phi) is 20.0. The van der Waals surface area contributed by atoms with Crippen LogP contribution in [0.2, 0.25) is 15.1 Å². The summed E-state index contributed by atoms with van der Waals surface area (Å²) in [6.07, 6.45) is 14.5. The average molecular weight is 1730 g/mol. The van der Waals surface area contributed by atoms with E-state index in [2.05, 4.69) is 92.1 Å². The van der Waals surface area contributed by atoms with Gasteiger partial charge in [-0.3, -0.25) is 52.5 Å². The van der Waals surface area contributed by atoms with Crippen LogP contribution >= 0.6 is 50.7 Å². The van der Waals surface area contributed by atoms with Crippen molar-refractivity contribution in [3.8, 4) is 50.4 Å². The molecule has 33 heteroatoms. The van der Waals surface area contributed by atoms with Gasteiger partial charge >= 0.3 is 11.9 Å². The Balaban J connectivity index is 0.000000111. The number of allylic oxidation sites excluding steroid dienone is 1. The van der Waals surface area contributed by atoms with Crippen molar-refractivity contribution < 1.29 is 43.4 Å². The summed E-state index contributed by atoms with van der Waals surface area (Å²) in [6.45, 7) is -0.433. The van der Waals surface area contributed by atoms with E-state index in [1.54, 1.807) is 77.5 Å². The SMILES string of the molecule is O=C(O)[C@@H]1[C@H]2C[C@H]2c2cc(-c3cc(Cl)ccc3-n3cnnn3)cc(=O)n21.O=C1CCc2cc(C(=O)CBr)ccc2C1.O=C1CCc2cc(C(=O)COC(=O)[C@@H]3[C@H]4C[C@H]4c4cc(-c5cc(Cl)ccc5-n5cnnn5)cc(=O)n43)ccc2N1.O=C1CCc2cc(C3=CN=C([C@@H]4[C@H]5C[C@H]5c5cc(-c6cc(Cl)ccc6-n6cnnn6)cc(=O)n54)C3)ccc2C1. The number of amides is 1. The lowest BCUT2D eigenvalue weighted by Gasteiger charge is -2.20. The van der Waals surface area contributed by atoms with Crippen LogP contribution in [0.5, 0.6) is 0 Å². The molecule has 6 aromatic carbocycles. The summed E-state index contributed by atoms with van der Waals surface area (Å²) < 4.78 is 14.9. The number of aryl methyl sites for hydroxylation is 3. The molecule has 6 aromatic heterocycles. The largest absolute Gasteiger partial charge is 0.480 e. The highest BCUT2D eigenvalue weighted by Crippen LogP contribution is 2.62. The molecule has 10 aliphatic rings. The molecule has 5 aliphatic heterocycles. The molecule has 0 spiro atoms. The Morgan fingerprint density at radius 1 is 0.467 bits per heavy atom. The number of esters is 1. The maximum absolute atomic E-state index is 13.6. The van der Waals surface area contributed by atoms with Gasteiger partial charge in [-0.05, 0) is 240 Å². The van der Waals surface area contributed by atoms with E-state index < -0.39 is 30.6 Å². The number of aliphatic carboxylic acids is 1. The third-order valence-corrected chi connectivity index (χ3v) is 25.4. The zero-order valence-electron chi connectivity index (χ0n) is 63.4. The van der Waals surface area contributed by atoms with Gasteiger partial charge in [0.15, 0.2) is 18.2 Å². The number of aromatic nitrogens is 15. The zero-order valence-corrected chi connectivity index (χ0v) is 67.2. The van der Waals surface area contributed by atoms with E-state index in [1.807, 2.05) is 47.2 Å². The normalized spacial score (nSPS) is 20.9. The van der Waals surface area contributed by atoms with Crippen LogP contribution < -0.4 is 22.0 Å². The van der Waals surface area contributed by atoms with Gasteiger partial charge in [0.2, 0.25) is 5.91 Å². The number of ether oxygens (including phenoxy) is 1. The van der Waals surface area contributed by atoms with Gasteiger partial charge in [-0.2, -0.15) is 14.0 Å². The molecule has 2 N–H and O–H groups in total. The number of hydrogen-bond donors (Lipinski definition) is 2. The second-order valence-electron chi connectivity index (χ2n) is 31.4. The van der Waals surface area contributed by atoms with Crippen LogP contribution in [0.3, 0.4) is 0 Å². The van der Waals surface area contributed by atoms with Crippen LogP contribution in [0.15, 0.2) is 190 Å². The number of aliphatic imine (C=N–C) groups is 1. The summed E-state index contributed by atoms with van der Waals surface area (Å²) in [5.74, 6) is -0.390. The number of hydrogen-bond acceptors (Lipinski definition) is 21. The molecule has 9 atom stereocenters. The molecule has 5 aliphatic carbocycles. The van der Waals surface area contributed by atoms with Gasteiger partial charge < -0.3 is 19.7 Å². The maximum Gasteiger partial charge on any atom is 0.330 e. The van der Waals surface area contributed by atoms with Crippen molar-refractivity contribution in [3.63, 3.8) is 0 Å². The van der Waals surface area contributed by atoms with E-state index in [0.717, 1.165) is 112 Å². The van der Waals surface area contributed by atoms with E-state index in [-0.39, 0.29) is 63.9 Å². The Morgan fingerprint density at radius 3 is 1.47 bits per heavy atom. The van der Waals surface area contributed by atoms with Gasteiger partial charge in [-0.15, -0.1) is 15.3 Å². The molecule has 11 heterocycles. The number of fused-ring (bicyclic) bond motifs is 12. The molecular formula is C87H67BrCl3N17O12. The number of Topliss-reactive ketones (excluding diaryl/α,β-unsaturated/α-hetero) is 4. The van der Waals surface area contributed by atoms with E-state index in [4.69, 9.17) is 44.5 Å². The third kappa shape index (κ3) is 14.7. The van der Waals surface area contributed by atoms with E-state index in [0.29, 0.717) is 127 Å². The zero-order chi connectivity index (χ0) is 82.6. The fourth-order valence-electron chi connectivity index (χ4n) is 18.2. The minimum atomic E-state index is -0.955. The van der Waals surface area contributed by atoms with Gasteiger partial charge in [-0.1, -0.05) is 81.1 Å².